The molecule has 0 saturated heterocycles. The first-order valence-corrected chi connectivity index (χ1v) is 8.07. The van der Waals surface area contributed by atoms with Gasteiger partial charge >= 0.3 is 5.97 Å². The molecule has 0 radical (unpaired) electrons. The summed E-state index contributed by atoms with van der Waals surface area (Å²) in [6, 6.07) is 10.2. The molecule has 2 rings (SSSR count). The van der Waals surface area contributed by atoms with Crippen molar-refractivity contribution in [1.29, 1.82) is 0 Å². The highest BCUT2D eigenvalue weighted by Crippen LogP contribution is 2.06. The number of ether oxygens (including phenoxy) is 1. The molecule has 1 amide bonds. The SMILES string of the molecule is CCCn1nc(C(=O)OCC(=O)NCc2ccccc2C)ccc1=O. The molecule has 0 bridgehead atoms. The molecule has 1 aromatic heterocycles. The standard InChI is InChI=1S/C18H21N3O4/c1-3-10-21-17(23)9-8-15(20-21)18(24)25-12-16(22)19-11-14-7-5-4-6-13(14)2/h4-9H,3,10-12H2,1-2H3,(H,19,22). The van der Waals surface area contributed by atoms with Crippen molar-refractivity contribution in [1.82, 2.24) is 15.1 Å². The number of benzene rings is 1. The average Bonchev–Trinajstić information content (AvgIpc) is 2.61. The van der Waals surface area contributed by atoms with Gasteiger partial charge in [-0.15, -0.1) is 0 Å². The summed E-state index contributed by atoms with van der Waals surface area (Å²) >= 11 is 0. The van der Waals surface area contributed by atoms with Gasteiger partial charge in [0.2, 0.25) is 0 Å². The lowest BCUT2D eigenvalue weighted by atomic mass is 10.1. The van der Waals surface area contributed by atoms with Crippen LogP contribution >= 0.6 is 0 Å². The topological polar surface area (TPSA) is 90.3 Å². The molecule has 0 aliphatic carbocycles. The van der Waals surface area contributed by atoms with Crippen LogP contribution in [0.5, 0.6) is 0 Å². The summed E-state index contributed by atoms with van der Waals surface area (Å²) in [4.78, 5) is 35.4. The van der Waals surface area contributed by atoms with E-state index in [2.05, 4.69) is 10.4 Å². The highest BCUT2D eigenvalue weighted by atomic mass is 16.5. The number of aryl methyl sites for hydroxylation is 2. The molecule has 0 spiro atoms. The number of carbonyl (C=O) groups excluding carboxylic acids is 2. The predicted octanol–water partition coefficient (Wildman–Crippen LogP) is 1.43. The van der Waals surface area contributed by atoms with Gasteiger partial charge in [-0.05, 0) is 30.5 Å². The molecular weight excluding hydrogens is 322 g/mol. The normalized spacial score (nSPS) is 10.3. The van der Waals surface area contributed by atoms with Gasteiger partial charge in [0.1, 0.15) is 0 Å². The van der Waals surface area contributed by atoms with Crippen molar-refractivity contribution in [3.63, 3.8) is 0 Å². The zero-order valence-electron chi connectivity index (χ0n) is 14.3. The fourth-order valence-corrected chi connectivity index (χ4v) is 2.19. The average molecular weight is 343 g/mol. The molecule has 1 N–H and O–H groups in total. The third-order valence-corrected chi connectivity index (χ3v) is 3.58. The molecule has 0 aliphatic heterocycles. The smallest absolute Gasteiger partial charge is 0.359 e. The van der Waals surface area contributed by atoms with Crippen molar-refractivity contribution >= 4 is 11.9 Å². The van der Waals surface area contributed by atoms with Crippen LogP contribution in [-0.4, -0.2) is 28.3 Å². The number of hydrogen-bond donors (Lipinski definition) is 1. The fraction of sp³-hybridized carbons (Fsp3) is 0.333. The number of nitrogens with zero attached hydrogens (tertiary/aromatic N) is 2. The van der Waals surface area contributed by atoms with Crippen LogP contribution in [0.2, 0.25) is 0 Å². The first-order valence-electron chi connectivity index (χ1n) is 8.07. The van der Waals surface area contributed by atoms with E-state index in [4.69, 9.17) is 4.74 Å². The largest absolute Gasteiger partial charge is 0.451 e. The molecule has 0 fully saturated rings. The van der Waals surface area contributed by atoms with Gasteiger partial charge in [0.15, 0.2) is 12.3 Å². The Morgan fingerprint density at radius 3 is 2.68 bits per heavy atom. The molecule has 1 aromatic carbocycles. The van der Waals surface area contributed by atoms with Gasteiger partial charge < -0.3 is 10.1 Å². The van der Waals surface area contributed by atoms with E-state index in [1.165, 1.54) is 16.8 Å². The van der Waals surface area contributed by atoms with Crippen LogP contribution in [0.1, 0.15) is 35.0 Å². The van der Waals surface area contributed by atoms with E-state index >= 15 is 0 Å². The van der Waals surface area contributed by atoms with E-state index in [1.54, 1.807) is 0 Å². The summed E-state index contributed by atoms with van der Waals surface area (Å²) in [6.45, 7) is 4.23. The minimum Gasteiger partial charge on any atom is -0.451 e. The summed E-state index contributed by atoms with van der Waals surface area (Å²) in [7, 11) is 0. The molecule has 0 saturated carbocycles. The van der Waals surface area contributed by atoms with Gasteiger partial charge in [0.25, 0.3) is 11.5 Å². The second-order valence-corrected chi connectivity index (χ2v) is 5.56. The number of nitrogens with one attached hydrogen (secondary N) is 1. The number of aromatic nitrogens is 2. The van der Waals surface area contributed by atoms with Crippen molar-refractivity contribution in [2.24, 2.45) is 0 Å². The third-order valence-electron chi connectivity index (χ3n) is 3.58. The summed E-state index contributed by atoms with van der Waals surface area (Å²) in [5.74, 6) is -1.14. The Bertz CT molecular complexity index is 814. The quantitative estimate of drug-likeness (QED) is 0.768. The van der Waals surface area contributed by atoms with Crippen molar-refractivity contribution in [2.45, 2.75) is 33.4 Å². The Labute approximate surface area is 145 Å². The zero-order chi connectivity index (χ0) is 18.2. The van der Waals surface area contributed by atoms with E-state index in [-0.39, 0.29) is 11.3 Å². The number of carbonyl (C=O) groups is 2. The molecule has 25 heavy (non-hydrogen) atoms. The maximum Gasteiger partial charge on any atom is 0.359 e. The first-order chi connectivity index (χ1) is 12.0. The van der Waals surface area contributed by atoms with E-state index < -0.39 is 18.5 Å². The minimum absolute atomic E-state index is 0.000228. The maximum atomic E-state index is 12.0. The van der Waals surface area contributed by atoms with E-state index in [1.807, 2.05) is 38.1 Å². The van der Waals surface area contributed by atoms with Crippen LogP contribution in [0.25, 0.3) is 0 Å². The Kier molecular flexibility index (Phi) is 6.45. The van der Waals surface area contributed by atoms with E-state index in [9.17, 15) is 14.4 Å². The van der Waals surface area contributed by atoms with E-state index in [0.717, 1.165) is 11.1 Å². The fourth-order valence-electron chi connectivity index (χ4n) is 2.19. The molecular formula is C18H21N3O4. The third kappa shape index (κ3) is 5.27. The second kappa shape index (κ2) is 8.77. The molecule has 1 heterocycles. The monoisotopic (exact) mass is 343 g/mol. The second-order valence-electron chi connectivity index (χ2n) is 5.56. The number of rotatable bonds is 7. The predicted molar refractivity (Wildman–Crippen MR) is 92.1 cm³/mol. The zero-order valence-corrected chi connectivity index (χ0v) is 14.3. The lowest BCUT2D eigenvalue weighted by Crippen LogP contribution is -2.29. The van der Waals surface area contributed by atoms with Gasteiger partial charge in [-0.25, -0.2) is 9.48 Å². The van der Waals surface area contributed by atoms with E-state index in [0.29, 0.717) is 19.5 Å². The molecule has 7 nitrogen and oxygen atoms in total. The summed E-state index contributed by atoms with van der Waals surface area (Å²) < 4.78 is 6.16. The molecule has 0 atom stereocenters. The van der Waals surface area contributed by atoms with Gasteiger partial charge in [-0.1, -0.05) is 31.2 Å². The van der Waals surface area contributed by atoms with Crippen LogP contribution in [-0.2, 0) is 22.6 Å². The van der Waals surface area contributed by atoms with Crippen LogP contribution in [0.4, 0.5) is 0 Å². The Morgan fingerprint density at radius 2 is 1.96 bits per heavy atom. The van der Waals surface area contributed by atoms with Crippen molar-refractivity contribution < 1.29 is 14.3 Å². The highest BCUT2D eigenvalue weighted by Gasteiger charge is 2.13. The molecule has 7 heteroatoms. The number of hydrogen-bond acceptors (Lipinski definition) is 5. The number of esters is 1. The van der Waals surface area contributed by atoms with Gasteiger partial charge in [-0.3, -0.25) is 9.59 Å². The van der Waals surface area contributed by atoms with Crippen LogP contribution < -0.4 is 10.9 Å². The lowest BCUT2D eigenvalue weighted by Gasteiger charge is -2.09. The van der Waals surface area contributed by atoms with Crippen molar-refractivity contribution in [2.75, 3.05) is 6.61 Å². The lowest BCUT2D eigenvalue weighted by molar-refractivity contribution is -0.124. The summed E-state index contributed by atoms with van der Waals surface area (Å²) in [6.07, 6.45) is 0.715. The maximum absolute atomic E-state index is 12.0. The first kappa shape index (κ1) is 18.4. The van der Waals surface area contributed by atoms with Crippen LogP contribution in [0.15, 0.2) is 41.2 Å². The van der Waals surface area contributed by atoms with Crippen LogP contribution in [0.3, 0.4) is 0 Å². The molecule has 2 aromatic rings. The van der Waals surface area contributed by atoms with Crippen molar-refractivity contribution in [3.8, 4) is 0 Å². The summed E-state index contributed by atoms with van der Waals surface area (Å²) in [5, 5.41) is 6.64. The van der Waals surface area contributed by atoms with Gasteiger partial charge in [0, 0.05) is 19.2 Å². The Hall–Kier alpha value is -2.96. The number of amides is 1. The highest BCUT2D eigenvalue weighted by molar-refractivity contribution is 5.89. The Balaban J connectivity index is 1.87. The molecule has 0 unspecified atom stereocenters. The van der Waals surface area contributed by atoms with Gasteiger partial charge in [-0.2, -0.15) is 5.10 Å². The van der Waals surface area contributed by atoms with Crippen LogP contribution in [0, 0.1) is 6.92 Å². The summed E-state index contributed by atoms with van der Waals surface area (Å²) in [5.41, 5.74) is 1.78. The van der Waals surface area contributed by atoms with Crippen molar-refractivity contribution in [3.05, 3.63) is 63.6 Å². The Morgan fingerprint density at radius 1 is 1.20 bits per heavy atom. The molecule has 132 valence electrons. The molecule has 0 aliphatic rings. The van der Waals surface area contributed by atoms with Gasteiger partial charge in [0.05, 0.1) is 0 Å². The minimum atomic E-state index is -0.740.